The first-order chi connectivity index (χ1) is 7.87. The van der Waals surface area contributed by atoms with Crippen molar-refractivity contribution in [2.45, 2.75) is 39.7 Å². The summed E-state index contributed by atoms with van der Waals surface area (Å²) >= 11 is 0. The van der Waals surface area contributed by atoms with Gasteiger partial charge in [0, 0.05) is 31.6 Å². The fraction of sp³-hybridized carbons (Fsp3) is 1.00. The van der Waals surface area contributed by atoms with Crippen molar-refractivity contribution in [2.75, 3.05) is 31.3 Å². The molecule has 0 radical (unpaired) electrons. The van der Waals surface area contributed by atoms with Gasteiger partial charge in [-0.1, -0.05) is 13.8 Å². The van der Waals surface area contributed by atoms with Gasteiger partial charge >= 0.3 is 0 Å². The van der Waals surface area contributed by atoms with Gasteiger partial charge in [0.2, 0.25) is 0 Å². The Balaban J connectivity index is 2.34. The van der Waals surface area contributed by atoms with Crippen LogP contribution in [0, 0.1) is 5.41 Å². The minimum Gasteiger partial charge on any atom is -0.381 e. The topological polar surface area (TPSA) is 55.4 Å². The summed E-state index contributed by atoms with van der Waals surface area (Å²) in [6, 6.07) is 0.0274. The van der Waals surface area contributed by atoms with E-state index in [0.29, 0.717) is 0 Å². The Kier molecular flexibility index (Phi) is 5.41. The number of hydrogen-bond acceptors (Lipinski definition) is 4. The molecule has 1 fully saturated rings. The number of hydrogen-bond donors (Lipinski definition) is 1. The molecule has 1 atom stereocenters. The maximum absolute atomic E-state index is 11.5. The quantitative estimate of drug-likeness (QED) is 0.783. The minimum atomic E-state index is -2.88. The zero-order valence-corrected chi connectivity index (χ0v) is 12.0. The molecule has 1 rings (SSSR count). The molecule has 1 N–H and O–H groups in total. The monoisotopic (exact) mass is 263 g/mol. The van der Waals surface area contributed by atoms with Gasteiger partial charge in [0.05, 0.1) is 5.75 Å². The van der Waals surface area contributed by atoms with Gasteiger partial charge in [-0.15, -0.1) is 0 Å². The molecule has 102 valence electrons. The van der Waals surface area contributed by atoms with E-state index in [0.717, 1.165) is 32.6 Å². The molecule has 5 heteroatoms. The van der Waals surface area contributed by atoms with Crippen LogP contribution < -0.4 is 5.32 Å². The van der Waals surface area contributed by atoms with Crippen molar-refractivity contribution in [3.63, 3.8) is 0 Å². The lowest BCUT2D eigenvalue weighted by Crippen LogP contribution is -2.42. The number of rotatable bonds is 6. The molecule has 0 aromatic rings. The van der Waals surface area contributed by atoms with Crippen molar-refractivity contribution in [3.8, 4) is 0 Å². The van der Waals surface area contributed by atoms with Crippen molar-refractivity contribution in [1.29, 1.82) is 0 Å². The zero-order valence-electron chi connectivity index (χ0n) is 11.2. The van der Waals surface area contributed by atoms with E-state index in [-0.39, 0.29) is 23.0 Å². The third-order valence-electron chi connectivity index (χ3n) is 3.52. The molecule has 0 aromatic carbocycles. The van der Waals surface area contributed by atoms with Crippen LogP contribution in [0.15, 0.2) is 0 Å². The first-order valence-corrected chi connectivity index (χ1v) is 8.20. The van der Waals surface area contributed by atoms with E-state index >= 15 is 0 Å². The molecule has 1 saturated heterocycles. The minimum absolute atomic E-state index is 0.0274. The molecular weight excluding hydrogens is 238 g/mol. The van der Waals surface area contributed by atoms with E-state index in [1.165, 1.54) is 0 Å². The molecule has 1 heterocycles. The SMILES string of the molecule is CCS(=O)(=O)CC(C)NCC1(C)CCOCC1. The molecular formula is C12H25NO3S. The summed E-state index contributed by atoms with van der Waals surface area (Å²) in [5.74, 6) is 0.459. The van der Waals surface area contributed by atoms with Crippen LogP contribution in [0.2, 0.25) is 0 Å². The summed E-state index contributed by atoms with van der Waals surface area (Å²) in [4.78, 5) is 0. The number of sulfone groups is 1. The van der Waals surface area contributed by atoms with Crippen molar-refractivity contribution in [3.05, 3.63) is 0 Å². The summed E-state index contributed by atoms with van der Waals surface area (Å²) in [5.41, 5.74) is 0.252. The smallest absolute Gasteiger partial charge is 0.151 e. The molecule has 0 aliphatic carbocycles. The first kappa shape index (κ1) is 14.9. The van der Waals surface area contributed by atoms with E-state index < -0.39 is 9.84 Å². The van der Waals surface area contributed by atoms with E-state index in [1.54, 1.807) is 6.92 Å². The fourth-order valence-corrected chi connectivity index (χ4v) is 3.13. The molecule has 0 spiro atoms. The highest BCUT2D eigenvalue weighted by Gasteiger charge is 2.27. The summed E-state index contributed by atoms with van der Waals surface area (Å²) in [6.45, 7) is 8.39. The van der Waals surface area contributed by atoms with Gasteiger partial charge in [-0.2, -0.15) is 0 Å². The average Bonchev–Trinajstić information content (AvgIpc) is 2.27. The predicted octanol–water partition coefficient (Wildman–Crippen LogP) is 1.22. The van der Waals surface area contributed by atoms with Crippen LogP contribution in [-0.4, -0.2) is 45.7 Å². The Morgan fingerprint density at radius 3 is 2.47 bits per heavy atom. The molecule has 0 amide bonds. The Morgan fingerprint density at radius 1 is 1.35 bits per heavy atom. The standard InChI is InChI=1S/C12H25NO3S/c1-4-17(14,15)9-11(2)13-10-12(3)5-7-16-8-6-12/h11,13H,4-10H2,1-3H3. The molecule has 17 heavy (non-hydrogen) atoms. The summed E-state index contributed by atoms with van der Waals surface area (Å²) in [6.07, 6.45) is 2.10. The highest BCUT2D eigenvalue weighted by molar-refractivity contribution is 7.91. The van der Waals surface area contributed by atoms with Crippen molar-refractivity contribution in [2.24, 2.45) is 5.41 Å². The van der Waals surface area contributed by atoms with Crippen LogP contribution in [-0.2, 0) is 14.6 Å². The van der Waals surface area contributed by atoms with Gasteiger partial charge in [0.1, 0.15) is 0 Å². The highest BCUT2D eigenvalue weighted by atomic mass is 32.2. The van der Waals surface area contributed by atoms with Crippen LogP contribution in [0.1, 0.15) is 33.6 Å². The lowest BCUT2D eigenvalue weighted by atomic mass is 9.82. The van der Waals surface area contributed by atoms with Gasteiger partial charge in [-0.25, -0.2) is 8.42 Å². The molecule has 0 bridgehead atoms. The summed E-state index contributed by atoms with van der Waals surface area (Å²) in [5, 5.41) is 3.35. The van der Waals surface area contributed by atoms with Crippen molar-refractivity contribution < 1.29 is 13.2 Å². The molecule has 1 unspecified atom stereocenters. The second-order valence-electron chi connectivity index (χ2n) is 5.40. The lowest BCUT2D eigenvalue weighted by Gasteiger charge is -2.34. The normalized spacial score (nSPS) is 22.3. The van der Waals surface area contributed by atoms with Crippen LogP contribution in [0.4, 0.5) is 0 Å². The summed E-state index contributed by atoms with van der Waals surface area (Å²) in [7, 11) is -2.88. The first-order valence-electron chi connectivity index (χ1n) is 6.38. The van der Waals surface area contributed by atoms with Gasteiger partial charge in [-0.05, 0) is 25.2 Å². The van der Waals surface area contributed by atoms with Crippen molar-refractivity contribution in [1.82, 2.24) is 5.32 Å². The Labute approximate surface area is 105 Å². The summed E-state index contributed by atoms with van der Waals surface area (Å²) < 4.78 is 28.3. The number of nitrogens with one attached hydrogen (secondary N) is 1. The van der Waals surface area contributed by atoms with Crippen LogP contribution in [0.5, 0.6) is 0 Å². The third-order valence-corrected chi connectivity index (χ3v) is 5.41. The maximum atomic E-state index is 11.5. The highest BCUT2D eigenvalue weighted by Crippen LogP contribution is 2.28. The Morgan fingerprint density at radius 2 is 1.94 bits per heavy atom. The Hall–Kier alpha value is -0.130. The van der Waals surface area contributed by atoms with Crippen molar-refractivity contribution >= 4 is 9.84 Å². The largest absolute Gasteiger partial charge is 0.381 e. The third kappa shape index (κ3) is 5.36. The maximum Gasteiger partial charge on any atom is 0.151 e. The molecule has 1 aliphatic rings. The van der Waals surface area contributed by atoms with Crippen LogP contribution in [0.25, 0.3) is 0 Å². The molecule has 1 aliphatic heterocycles. The molecule has 0 aromatic heterocycles. The van der Waals surface area contributed by atoms with E-state index in [4.69, 9.17) is 4.74 Å². The molecule has 0 saturated carbocycles. The van der Waals surface area contributed by atoms with E-state index in [2.05, 4.69) is 12.2 Å². The van der Waals surface area contributed by atoms with Gasteiger partial charge in [-0.3, -0.25) is 0 Å². The second-order valence-corrected chi connectivity index (χ2v) is 7.80. The predicted molar refractivity (Wildman–Crippen MR) is 70.0 cm³/mol. The Bertz CT molecular complexity index is 321. The van der Waals surface area contributed by atoms with Gasteiger partial charge in [0.15, 0.2) is 9.84 Å². The van der Waals surface area contributed by atoms with Crippen LogP contribution in [0.3, 0.4) is 0 Å². The average molecular weight is 263 g/mol. The van der Waals surface area contributed by atoms with E-state index in [9.17, 15) is 8.42 Å². The fourth-order valence-electron chi connectivity index (χ4n) is 2.02. The molecule has 4 nitrogen and oxygen atoms in total. The second kappa shape index (κ2) is 6.16. The number of ether oxygens (including phenoxy) is 1. The van der Waals surface area contributed by atoms with Crippen LogP contribution >= 0.6 is 0 Å². The van der Waals surface area contributed by atoms with Gasteiger partial charge < -0.3 is 10.1 Å². The van der Waals surface area contributed by atoms with E-state index in [1.807, 2.05) is 6.92 Å². The zero-order chi connectivity index (χ0) is 12.9. The van der Waals surface area contributed by atoms with Gasteiger partial charge in [0.25, 0.3) is 0 Å². The lowest BCUT2D eigenvalue weighted by molar-refractivity contribution is 0.0233.